The molecule has 34 heavy (non-hydrogen) atoms. The van der Waals surface area contributed by atoms with E-state index in [-0.39, 0.29) is 6.61 Å². The molecule has 0 aromatic heterocycles. The van der Waals surface area contributed by atoms with Crippen LogP contribution in [0.25, 0.3) is 0 Å². The first-order valence-corrected chi connectivity index (χ1v) is 11.3. The number of hydrogen-bond donors (Lipinski definition) is 2. The van der Waals surface area contributed by atoms with E-state index in [1.54, 1.807) is 7.11 Å². The van der Waals surface area contributed by atoms with Crippen LogP contribution in [-0.2, 0) is 47.4 Å². The molecule has 202 valence electrons. The Balaban J connectivity index is 3.17. The van der Waals surface area contributed by atoms with E-state index in [1.165, 1.54) is 11.2 Å². The Bertz CT molecular complexity index is 461. The number of rotatable bonds is 28. The van der Waals surface area contributed by atoms with Gasteiger partial charge in [-0.15, -0.1) is 0 Å². The van der Waals surface area contributed by atoms with Gasteiger partial charge in [-0.25, -0.2) is 5.84 Å². The second kappa shape index (κ2) is 27.7. The predicted octanol–water partition coefficient (Wildman–Crippen LogP) is -1.10. The van der Waals surface area contributed by atoms with Crippen LogP contribution in [0, 0.1) is 0 Å². The van der Waals surface area contributed by atoms with E-state index in [4.69, 9.17) is 49.5 Å². The molecule has 0 aliphatic carbocycles. The Morgan fingerprint density at radius 3 is 1.35 bits per heavy atom. The monoisotopic (exact) mass is 497 g/mol. The second-order valence-electron chi connectivity index (χ2n) is 6.63. The third-order valence-corrected chi connectivity index (χ3v) is 3.81. The first-order valence-electron chi connectivity index (χ1n) is 11.3. The van der Waals surface area contributed by atoms with Gasteiger partial charge in [-0.05, 0) is 0 Å². The van der Waals surface area contributed by atoms with Crippen molar-refractivity contribution in [3.8, 4) is 0 Å². The number of carbonyl (C=O) groups excluding carboxylic acids is 1. The molecule has 0 aliphatic rings. The number of hydrazine groups is 1. The van der Waals surface area contributed by atoms with Crippen molar-refractivity contribution < 1.29 is 47.4 Å². The smallest absolute Gasteiger partial charge is 0.293 e. The lowest BCUT2D eigenvalue weighted by Crippen LogP contribution is -2.31. The van der Waals surface area contributed by atoms with Crippen molar-refractivity contribution in [1.29, 1.82) is 0 Å². The minimum Gasteiger partial charge on any atom is -0.461 e. The van der Waals surface area contributed by atoms with Crippen LogP contribution in [0.1, 0.15) is 0 Å². The Morgan fingerprint density at radius 2 is 1.00 bits per heavy atom. The lowest BCUT2D eigenvalue weighted by Gasteiger charge is -2.15. The first kappa shape index (κ1) is 32.5. The van der Waals surface area contributed by atoms with Crippen LogP contribution >= 0.6 is 0 Å². The standard InChI is InChI=1S/C21H43N3O10/c1-26-4-5-28-8-9-30-12-13-32-16-17-33-15-14-31-11-10-29-7-6-27-3-2-24(23)18-21(22)19-34-20-25/h18,20H,2-17,19,22-23H2,1H3/b21-18-. The highest BCUT2D eigenvalue weighted by Gasteiger charge is 1.98. The van der Waals surface area contributed by atoms with Crippen LogP contribution in [-0.4, -0.2) is 131 Å². The summed E-state index contributed by atoms with van der Waals surface area (Å²) in [4.78, 5) is 10.1. The molecule has 0 saturated carbocycles. The Hall–Kier alpha value is -1.55. The molecular weight excluding hydrogens is 454 g/mol. The maximum Gasteiger partial charge on any atom is 0.293 e. The summed E-state index contributed by atoms with van der Waals surface area (Å²) in [5, 5.41) is 1.37. The van der Waals surface area contributed by atoms with E-state index in [0.29, 0.717) is 118 Å². The summed E-state index contributed by atoms with van der Waals surface area (Å²) < 4.78 is 47.1. The van der Waals surface area contributed by atoms with Crippen LogP contribution < -0.4 is 11.6 Å². The summed E-state index contributed by atoms with van der Waals surface area (Å²) in [7, 11) is 1.64. The summed E-state index contributed by atoms with van der Waals surface area (Å²) >= 11 is 0. The number of ether oxygens (including phenoxy) is 9. The average Bonchev–Trinajstić information content (AvgIpc) is 2.83. The van der Waals surface area contributed by atoms with E-state index in [1.807, 2.05) is 0 Å². The third kappa shape index (κ3) is 26.7. The predicted molar refractivity (Wildman–Crippen MR) is 123 cm³/mol. The van der Waals surface area contributed by atoms with E-state index < -0.39 is 0 Å². The van der Waals surface area contributed by atoms with Crippen molar-refractivity contribution in [3.05, 3.63) is 11.9 Å². The van der Waals surface area contributed by atoms with Gasteiger partial charge in [0.15, 0.2) is 0 Å². The van der Waals surface area contributed by atoms with E-state index in [9.17, 15) is 4.79 Å². The lowest BCUT2D eigenvalue weighted by molar-refractivity contribution is -0.127. The summed E-state index contributed by atoms with van der Waals surface area (Å²) in [6.45, 7) is 8.34. The van der Waals surface area contributed by atoms with Gasteiger partial charge in [0, 0.05) is 13.3 Å². The largest absolute Gasteiger partial charge is 0.461 e. The van der Waals surface area contributed by atoms with Gasteiger partial charge in [0.2, 0.25) is 0 Å². The maximum absolute atomic E-state index is 10.1. The highest BCUT2D eigenvalue weighted by Crippen LogP contribution is 1.89. The van der Waals surface area contributed by atoms with Gasteiger partial charge in [0.25, 0.3) is 6.47 Å². The minimum atomic E-state index is -0.00204. The summed E-state index contributed by atoms with van der Waals surface area (Å²) in [5.74, 6) is 5.71. The van der Waals surface area contributed by atoms with Crippen LogP contribution in [0.5, 0.6) is 0 Å². The molecule has 0 radical (unpaired) electrons. The molecule has 0 spiro atoms. The normalized spacial score (nSPS) is 11.6. The summed E-state index contributed by atoms with van der Waals surface area (Å²) in [5.41, 5.74) is 5.95. The number of methoxy groups -OCH3 is 1. The minimum absolute atomic E-state index is 0.00204. The fourth-order valence-electron chi connectivity index (χ4n) is 2.18. The fourth-order valence-corrected chi connectivity index (χ4v) is 2.18. The molecule has 0 amide bonds. The van der Waals surface area contributed by atoms with Gasteiger partial charge in [-0.2, -0.15) is 0 Å². The van der Waals surface area contributed by atoms with E-state index in [0.717, 1.165) is 0 Å². The molecule has 0 atom stereocenters. The van der Waals surface area contributed by atoms with Gasteiger partial charge < -0.3 is 53.4 Å². The van der Waals surface area contributed by atoms with Crippen molar-refractivity contribution in [3.63, 3.8) is 0 Å². The molecule has 0 heterocycles. The highest BCUT2D eigenvalue weighted by molar-refractivity contribution is 5.37. The quantitative estimate of drug-likeness (QED) is 0.0582. The van der Waals surface area contributed by atoms with Crippen molar-refractivity contribution in [2.75, 3.05) is 119 Å². The molecule has 4 N–H and O–H groups in total. The van der Waals surface area contributed by atoms with Gasteiger partial charge >= 0.3 is 0 Å². The van der Waals surface area contributed by atoms with Gasteiger partial charge in [-0.1, -0.05) is 0 Å². The molecule has 13 heteroatoms. The zero-order valence-electron chi connectivity index (χ0n) is 20.4. The number of nitrogens with zero attached hydrogens (tertiary/aromatic N) is 1. The molecule has 0 unspecified atom stereocenters. The second-order valence-corrected chi connectivity index (χ2v) is 6.63. The number of hydrogen-bond acceptors (Lipinski definition) is 13. The molecule has 0 bridgehead atoms. The van der Waals surface area contributed by atoms with Gasteiger partial charge in [-0.3, -0.25) is 4.79 Å². The SMILES string of the molecule is COCCOCCOCCOCCOCCOCCOCCOCCN(N)/C=C(\N)COC=O. The fraction of sp³-hybridized carbons (Fsp3) is 0.857. The zero-order valence-corrected chi connectivity index (χ0v) is 20.4. The Kier molecular flexibility index (Phi) is 26.4. The van der Waals surface area contributed by atoms with Gasteiger partial charge in [0.1, 0.15) is 6.61 Å². The number of carbonyl (C=O) groups is 1. The van der Waals surface area contributed by atoms with Crippen LogP contribution in [0.15, 0.2) is 11.9 Å². The lowest BCUT2D eigenvalue weighted by atomic mass is 10.5. The van der Waals surface area contributed by atoms with E-state index in [2.05, 4.69) is 4.74 Å². The molecule has 0 rings (SSSR count). The van der Waals surface area contributed by atoms with E-state index >= 15 is 0 Å². The molecule has 0 aromatic carbocycles. The van der Waals surface area contributed by atoms with Crippen LogP contribution in [0.4, 0.5) is 0 Å². The van der Waals surface area contributed by atoms with Crippen molar-refractivity contribution in [2.45, 2.75) is 0 Å². The summed E-state index contributed by atoms with van der Waals surface area (Å²) in [6.07, 6.45) is 1.48. The number of nitrogens with two attached hydrogens (primary N) is 2. The average molecular weight is 498 g/mol. The Morgan fingerprint density at radius 1 is 0.647 bits per heavy atom. The van der Waals surface area contributed by atoms with Crippen LogP contribution in [0.3, 0.4) is 0 Å². The van der Waals surface area contributed by atoms with Crippen molar-refractivity contribution in [1.82, 2.24) is 5.01 Å². The topological polar surface area (TPSA) is 155 Å². The summed E-state index contributed by atoms with van der Waals surface area (Å²) in [6, 6.07) is 0. The Labute approximate surface area is 202 Å². The first-order chi connectivity index (χ1) is 16.7. The molecule has 0 fully saturated rings. The zero-order chi connectivity index (χ0) is 25.0. The third-order valence-electron chi connectivity index (χ3n) is 3.81. The molecule has 0 saturated heterocycles. The molecule has 0 aliphatic heterocycles. The molecule has 0 aromatic rings. The van der Waals surface area contributed by atoms with Crippen molar-refractivity contribution in [2.24, 2.45) is 11.6 Å². The highest BCUT2D eigenvalue weighted by atomic mass is 16.6. The van der Waals surface area contributed by atoms with Crippen molar-refractivity contribution >= 4 is 6.47 Å². The maximum atomic E-state index is 10.1. The molecular formula is C21H43N3O10. The molecule has 13 nitrogen and oxygen atoms in total. The van der Waals surface area contributed by atoms with Gasteiger partial charge in [0.05, 0.1) is 111 Å². The van der Waals surface area contributed by atoms with Crippen LogP contribution in [0.2, 0.25) is 0 Å².